The van der Waals surface area contributed by atoms with Crippen molar-refractivity contribution < 1.29 is 19.4 Å². The van der Waals surface area contributed by atoms with Crippen LogP contribution < -0.4 is 20.1 Å². The Morgan fingerprint density at radius 1 is 1.25 bits per heavy atom. The van der Waals surface area contributed by atoms with Crippen molar-refractivity contribution in [3.05, 3.63) is 29.8 Å². The molecular weight excluding hydrogens is 356 g/mol. The second-order valence-electron chi connectivity index (χ2n) is 7.59. The van der Waals surface area contributed by atoms with Crippen LogP contribution in [-0.2, 0) is 11.2 Å². The normalized spacial score (nSPS) is 19.8. The average Bonchev–Trinajstić information content (AvgIpc) is 2.69. The number of nitrogens with one attached hydrogen (secondary N) is 2. The summed E-state index contributed by atoms with van der Waals surface area (Å²) in [6.45, 7) is 4.42. The molecule has 1 atom stereocenters. The zero-order valence-electron chi connectivity index (χ0n) is 16.9. The molecule has 0 radical (unpaired) electrons. The maximum absolute atomic E-state index is 11.9. The summed E-state index contributed by atoms with van der Waals surface area (Å²) < 4.78 is 12.1. The lowest BCUT2D eigenvalue weighted by Gasteiger charge is -2.36. The molecule has 0 saturated heterocycles. The Kier molecular flexibility index (Phi) is 6.97. The van der Waals surface area contributed by atoms with Gasteiger partial charge in [-0.3, -0.25) is 10.1 Å². The molecule has 1 aromatic rings. The first-order valence-electron chi connectivity index (χ1n) is 10.4. The van der Waals surface area contributed by atoms with Crippen LogP contribution >= 0.6 is 0 Å². The van der Waals surface area contributed by atoms with Crippen LogP contribution in [0.5, 0.6) is 11.5 Å². The minimum absolute atomic E-state index is 0.0118. The van der Waals surface area contributed by atoms with Crippen LogP contribution in [0.2, 0.25) is 0 Å². The van der Waals surface area contributed by atoms with Gasteiger partial charge < -0.3 is 19.9 Å². The second-order valence-corrected chi connectivity index (χ2v) is 7.59. The van der Waals surface area contributed by atoms with E-state index in [-0.39, 0.29) is 12.1 Å². The van der Waals surface area contributed by atoms with Gasteiger partial charge in [0, 0.05) is 12.0 Å². The first kappa shape index (κ1) is 20.7. The van der Waals surface area contributed by atoms with Gasteiger partial charge in [0.05, 0.1) is 5.69 Å². The third-order valence-corrected chi connectivity index (χ3v) is 5.42. The van der Waals surface area contributed by atoms with Crippen molar-refractivity contribution in [3.8, 4) is 11.5 Å². The molecule has 1 aliphatic carbocycles. The van der Waals surface area contributed by atoms with Crippen molar-refractivity contribution in [2.45, 2.75) is 77.2 Å². The Hall–Kier alpha value is -2.05. The number of rotatable bonds is 8. The van der Waals surface area contributed by atoms with Crippen molar-refractivity contribution in [1.82, 2.24) is 5.32 Å². The summed E-state index contributed by atoms with van der Waals surface area (Å²) in [7, 11) is 0. The number of amides is 1. The second kappa shape index (κ2) is 9.43. The average molecular weight is 389 g/mol. The first-order valence-corrected chi connectivity index (χ1v) is 10.4. The monoisotopic (exact) mass is 388 g/mol. The summed E-state index contributed by atoms with van der Waals surface area (Å²) in [6.07, 6.45) is 10.0. The number of fused-ring (bicyclic) bond motifs is 1. The standard InChI is InChI=1S/C22H32N2O4/c1-3-5-15-27-18-11-10-17(16-9-12-19(25)23-21(16)18)28-20(4-2)24-22(26)13-7-6-8-14-22/h3,5,10-11,20,24,26H,4,6-9,12-15H2,1-2H3,(H,23,25)/b5-3+. The molecule has 0 spiro atoms. The third-order valence-electron chi connectivity index (χ3n) is 5.42. The molecule has 0 aromatic heterocycles. The first-order chi connectivity index (χ1) is 13.5. The number of ether oxygens (including phenoxy) is 2. The Labute approximate surface area is 167 Å². The number of hydrogen-bond donors (Lipinski definition) is 3. The van der Waals surface area contributed by atoms with E-state index < -0.39 is 5.72 Å². The molecular formula is C22H32N2O4. The fourth-order valence-corrected chi connectivity index (χ4v) is 3.85. The van der Waals surface area contributed by atoms with Crippen molar-refractivity contribution in [2.75, 3.05) is 11.9 Å². The van der Waals surface area contributed by atoms with Gasteiger partial charge in [-0.15, -0.1) is 0 Å². The Balaban J connectivity index is 1.78. The lowest BCUT2D eigenvalue weighted by Crippen LogP contribution is -2.53. The largest absolute Gasteiger partial charge is 0.487 e. The Morgan fingerprint density at radius 2 is 2.00 bits per heavy atom. The van der Waals surface area contributed by atoms with Gasteiger partial charge in [-0.25, -0.2) is 0 Å². The van der Waals surface area contributed by atoms with Crippen LogP contribution in [0, 0.1) is 0 Å². The SMILES string of the molecule is C/C=C/COc1ccc(OC(CC)NC2(O)CCCCC2)c2c1NC(=O)CC2. The molecule has 2 aliphatic rings. The molecule has 1 fully saturated rings. The lowest BCUT2D eigenvalue weighted by molar-refractivity contribution is -0.116. The molecule has 3 N–H and O–H groups in total. The number of aliphatic hydroxyl groups is 1. The molecule has 1 saturated carbocycles. The smallest absolute Gasteiger partial charge is 0.224 e. The van der Waals surface area contributed by atoms with Gasteiger partial charge in [0.25, 0.3) is 0 Å². The van der Waals surface area contributed by atoms with E-state index in [2.05, 4.69) is 10.6 Å². The molecule has 1 aromatic carbocycles. The zero-order valence-corrected chi connectivity index (χ0v) is 16.9. The quantitative estimate of drug-likeness (QED) is 0.465. The van der Waals surface area contributed by atoms with Gasteiger partial charge in [0.2, 0.25) is 5.91 Å². The number of carbonyl (C=O) groups is 1. The molecule has 3 rings (SSSR count). The molecule has 154 valence electrons. The summed E-state index contributed by atoms with van der Waals surface area (Å²) in [5.74, 6) is 1.37. The third kappa shape index (κ3) is 5.06. The van der Waals surface area contributed by atoms with Crippen LogP contribution in [0.15, 0.2) is 24.3 Å². The van der Waals surface area contributed by atoms with Gasteiger partial charge in [0.15, 0.2) is 6.23 Å². The molecule has 28 heavy (non-hydrogen) atoms. The fourth-order valence-electron chi connectivity index (χ4n) is 3.85. The topological polar surface area (TPSA) is 79.8 Å². The number of hydrogen-bond acceptors (Lipinski definition) is 5. The van der Waals surface area contributed by atoms with Crippen LogP contribution in [0.3, 0.4) is 0 Å². The Bertz CT molecular complexity index is 711. The van der Waals surface area contributed by atoms with Crippen molar-refractivity contribution in [3.63, 3.8) is 0 Å². The van der Waals surface area contributed by atoms with Crippen LogP contribution in [0.4, 0.5) is 5.69 Å². The van der Waals surface area contributed by atoms with Crippen molar-refractivity contribution >= 4 is 11.6 Å². The maximum Gasteiger partial charge on any atom is 0.224 e. The van der Waals surface area contributed by atoms with Gasteiger partial charge >= 0.3 is 0 Å². The highest BCUT2D eigenvalue weighted by molar-refractivity contribution is 5.96. The van der Waals surface area contributed by atoms with Gasteiger partial charge in [-0.2, -0.15) is 0 Å². The van der Waals surface area contributed by atoms with E-state index in [9.17, 15) is 9.90 Å². The van der Waals surface area contributed by atoms with Gasteiger partial charge in [0.1, 0.15) is 23.8 Å². The highest BCUT2D eigenvalue weighted by Gasteiger charge is 2.32. The summed E-state index contributed by atoms with van der Waals surface area (Å²) in [4.78, 5) is 11.9. The zero-order chi connectivity index (χ0) is 20.0. The molecule has 1 heterocycles. The molecule has 1 aliphatic heterocycles. The van der Waals surface area contributed by atoms with E-state index in [0.717, 1.165) is 43.4 Å². The van der Waals surface area contributed by atoms with Crippen molar-refractivity contribution in [1.29, 1.82) is 0 Å². The minimum atomic E-state index is -0.858. The van der Waals surface area contributed by atoms with E-state index in [1.54, 1.807) is 0 Å². The summed E-state index contributed by atoms with van der Waals surface area (Å²) in [5.41, 5.74) is 0.792. The van der Waals surface area contributed by atoms with E-state index in [4.69, 9.17) is 9.47 Å². The van der Waals surface area contributed by atoms with Gasteiger partial charge in [-0.1, -0.05) is 25.5 Å². The summed E-state index contributed by atoms with van der Waals surface area (Å²) in [5, 5.41) is 17.1. The molecule has 6 heteroatoms. The summed E-state index contributed by atoms with van der Waals surface area (Å²) >= 11 is 0. The van der Waals surface area contributed by atoms with Gasteiger partial charge in [-0.05, 0) is 57.6 Å². The van der Waals surface area contributed by atoms with E-state index in [1.165, 1.54) is 6.42 Å². The van der Waals surface area contributed by atoms with Crippen LogP contribution in [0.1, 0.15) is 64.4 Å². The molecule has 0 bridgehead atoms. The number of anilines is 1. The number of carbonyl (C=O) groups excluding carboxylic acids is 1. The Morgan fingerprint density at radius 3 is 2.71 bits per heavy atom. The molecule has 1 amide bonds. The maximum atomic E-state index is 11.9. The highest BCUT2D eigenvalue weighted by Crippen LogP contribution is 2.39. The van der Waals surface area contributed by atoms with E-state index in [0.29, 0.717) is 30.9 Å². The lowest BCUT2D eigenvalue weighted by atomic mass is 9.91. The van der Waals surface area contributed by atoms with E-state index >= 15 is 0 Å². The molecule has 6 nitrogen and oxygen atoms in total. The van der Waals surface area contributed by atoms with E-state index in [1.807, 2.05) is 38.1 Å². The fraction of sp³-hybridized carbons (Fsp3) is 0.591. The minimum Gasteiger partial charge on any atom is -0.487 e. The predicted octanol–water partition coefficient (Wildman–Crippen LogP) is 3.88. The number of allylic oxidation sites excluding steroid dienone is 1. The predicted molar refractivity (Wildman–Crippen MR) is 110 cm³/mol. The summed E-state index contributed by atoms with van der Waals surface area (Å²) in [6, 6.07) is 3.74. The highest BCUT2D eigenvalue weighted by atomic mass is 16.5. The van der Waals surface area contributed by atoms with Crippen LogP contribution in [0.25, 0.3) is 0 Å². The molecule has 1 unspecified atom stereocenters. The van der Waals surface area contributed by atoms with Crippen LogP contribution in [-0.4, -0.2) is 29.6 Å². The number of benzene rings is 1. The van der Waals surface area contributed by atoms with Crippen molar-refractivity contribution in [2.24, 2.45) is 0 Å².